The van der Waals surface area contributed by atoms with Crippen molar-refractivity contribution in [2.75, 3.05) is 0 Å². The first-order valence-corrected chi connectivity index (χ1v) is 8.95. The summed E-state index contributed by atoms with van der Waals surface area (Å²) in [5.74, 6) is -0.850. The fraction of sp³-hybridized carbons (Fsp3) is 0.188. The van der Waals surface area contributed by atoms with Gasteiger partial charge in [-0.05, 0) is 42.0 Å². The van der Waals surface area contributed by atoms with Gasteiger partial charge < -0.3 is 4.79 Å². The van der Waals surface area contributed by atoms with E-state index in [9.17, 15) is 13.2 Å². The number of hydrogen-bond donors (Lipinski definition) is 0. The summed E-state index contributed by atoms with van der Waals surface area (Å²) >= 11 is 11.6. The largest absolute Gasteiger partial charge is 0.303 e. The third-order valence-corrected chi connectivity index (χ3v) is 6.68. The van der Waals surface area contributed by atoms with Gasteiger partial charge >= 0.3 is 0 Å². The molecule has 114 valence electrons. The molecule has 0 N–H and O–H groups in total. The fourth-order valence-electron chi connectivity index (χ4n) is 2.75. The molecule has 0 heterocycles. The monoisotopic (exact) mass is 354 g/mol. The van der Waals surface area contributed by atoms with Crippen LogP contribution in [0.1, 0.15) is 11.5 Å². The van der Waals surface area contributed by atoms with Gasteiger partial charge in [0.15, 0.2) is 9.84 Å². The number of rotatable bonds is 4. The molecule has 2 aromatic rings. The third-order valence-electron chi connectivity index (χ3n) is 3.92. The van der Waals surface area contributed by atoms with Crippen LogP contribution >= 0.6 is 23.2 Å². The predicted molar refractivity (Wildman–Crippen MR) is 86.2 cm³/mol. The third kappa shape index (κ3) is 2.67. The van der Waals surface area contributed by atoms with Crippen molar-refractivity contribution in [1.29, 1.82) is 0 Å². The Morgan fingerprint density at radius 2 is 1.36 bits per heavy atom. The Balaban J connectivity index is 1.95. The number of aldehydes is 1. The summed E-state index contributed by atoms with van der Waals surface area (Å²) in [6.45, 7) is 0. The SMILES string of the molecule is O=CC1C(c2ccc(Cl)cc2)C1S(=O)(=O)c1ccc(Cl)cc1. The van der Waals surface area contributed by atoms with E-state index in [4.69, 9.17) is 23.2 Å². The van der Waals surface area contributed by atoms with Crippen LogP contribution in [0.25, 0.3) is 0 Å². The lowest BCUT2D eigenvalue weighted by Crippen LogP contribution is -2.10. The second-order valence-electron chi connectivity index (χ2n) is 5.25. The lowest BCUT2D eigenvalue weighted by molar-refractivity contribution is -0.108. The van der Waals surface area contributed by atoms with E-state index in [-0.39, 0.29) is 10.8 Å². The quantitative estimate of drug-likeness (QED) is 0.785. The molecule has 3 unspecified atom stereocenters. The highest BCUT2D eigenvalue weighted by molar-refractivity contribution is 7.92. The molecule has 0 aliphatic heterocycles. The number of sulfone groups is 1. The summed E-state index contributed by atoms with van der Waals surface area (Å²) in [6, 6.07) is 12.9. The number of halogens is 2. The van der Waals surface area contributed by atoms with Crippen LogP contribution in [0.3, 0.4) is 0 Å². The number of benzene rings is 2. The molecule has 0 bridgehead atoms. The average Bonchev–Trinajstić information content (AvgIpc) is 3.24. The highest BCUT2D eigenvalue weighted by Gasteiger charge is 2.58. The van der Waals surface area contributed by atoms with Gasteiger partial charge in [-0.25, -0.2) is 8.42 Å². The van der Waals surface area contributed by atoms with E-state index in [1.54, 1.807) is 24.3 Å². The van der Waals surface area contributed by atoms with Crippen molar-refractivity contribution in [2.45, 2.75) is 16.1 Å². The first-order valence-electron chi connectivity index (χ1n) is 6.65. The average molecular weight is 355 g/mol. The standard InChI is InChI=1S/C16H12Cl2O3S/c17-11-3-1-10(2-4-11)15-14(9-19)16(15)22(20,21)13-7-5-12(18)6-8-13/h1-9,14-16H. The number of carbonyl (C=O) groups excluding carboxylic acids is 1. The number of carbonyl (C=O) groups is 1. The molecule has 0 amide bonds. The second-order valence-corrected chi connectivity index (χ2v) is 8.23. The Morgan fingerprint density at radius 1 is 0.864 bits per heavy atom. The minimum atomic E-state index is -3.57. The zero-order chi connectivity index (χ0) is 15.9. The molecule has 1 aliphatic rings. The lowest BCUT2D eigenvalue weighted by Gasteiger charge is -2.04. The fourth-order valence-corrected chi connectivity index (χ4v) is 5.11. The molecule has 0 spiro atoms. The molecule has 1 saturated carbocycles. The van der Waals surface area contributed by atoms with Crippen molar-refractivity contribution in [3.63, 3.8) is 0 Å². The summed E-state index contributed by atoms with van der Waals surface area (Å²) < 4.78 is 25.4. The zero-order valence-electron chi connectivity index (χ0n) is 11.3. The van der Waals surface area contributed by atoms with Gasteiger partial charge in [0.1, 0.15) is 6.29 Å². The topological polar surface area (TPSA) is 51.2 Å². The summed E-state index contributed by atoms with van der Waals surface area (Å²) in [7, 11) is -3.57. The Labute approximate surface area is 138 Å². The summed E-state index contributed by atoms with van der Waals surface area (Å²) in [5.41, 5.74) is 0.809. The Hall–Kier alpha value is -1.36. The molecular formula is C16H12Cl2O3S. The van der Waals surface area contributed by atoms with E-state index >= 15 is 0 Å². The maximum Gasteiger partial charge on any atom is 0.182 e. The van der Waals surface area contributed by atoms with Gasteiger partial charge in [-0.15, -0.1) is 0 Å². The van der Waals surface area contributed by atoms with Gasteiger partial charge in [-0.3, -0.25) is 0 Å². The highest BCUT2D eigenvalue weighted by atomic mass is 35.5. The minimum absolute atomic E-state index is 0.185. The molecule has 6 heteroatoms. The molecule has 1 aliphatic carbocycles. The maximum atomic E-state index is 12.7. The van der Waals surface area contributed by atoms with Crippen LogP contribution in [-0.2, 0) is 14.6 Å². The Bertz CT molecular complexity index is 798. The molecule has 3 nitrogen and oxygen atoms in total. The summed E-state index contributed by atoms with van der Waals surface area (Å²) in [4.78, 5) is 11.4. The lowest BCUT2D eigenvalue weighted by atomic mass is 10.1. The predicted octanol–water partition coefficient (Wildman–Crippen LogP) is 3.75. The maximum absolute atomic E-state index is 12.7. The van der Waals surface area contributed by atoms with E-state index in [1.165, 1.54) is 24.3 Å². The molecule has 3 rings (SSSR count). The van der Waals surface area contributed by atoms with Crippen LogP contribution in [0, 0.1) is 5.92 Å². The summed E-state index contributed by atoms with van der Waals surface area (Å²) in [6.07, 6.45) is 0.720. The molecule has 0 radical (unpaired) electrons. The molecule has 0 saturated heterocycles. The van der Waals surface area contributed by atoms with Crippen molar-refractivity contribution in [2.24, 2.45) is 5.92 Å². The van der Waals surface area contributed by atoms with Crippen molar-refractivity contribution < 1.29 is 13.2 Å². The van der Waals surface area contributed by atoms with E-state index in [0.717, 1.165) is 11.8 Å². The van der Waals surface area contributed by atoms with E-state index < -0.39 is 21.0 Å². The van der Waals surface area contributed by atoms with Crippen LogP contribution < -0.4 is 0 Å². The van der Waals surface area contributed by atoms with Crippen LogP contribution in [0.4, 0.5) is 0 Å². The van der Waals surface area contributed by atoms with Gasteiger partial charge in [0.05, 0.1) is 10.1 Å². The van der Waals surface area contributed by atoms with Gasteiger partial charge in [0, 0.05) is 21.9 Å². The molecular weight excluding hydrogens is 343 g/mol. The van der Waals surface area contributed by atoms with E-state index in [2.05, 4.69) is 0 Å². The smallest absolute Gasteiger partial charge is 0.182 e. The van der Waals surface area contributed by atoms with Crippen molar-refractivity contribution >= 4 is 39.3 Å². The molecule has 1 fully saturated rings. The van der Waals surface area contributed by atoms with Gasteiger partial charge in [0.2, 0.25) is 0 Å². The van der Waals surface area contributed by atoms with E-state index in [1.807, 2.05) is 0 Å². The van der Waals surface area contributed by atoms with Crippen LogP contribution in [0.15, 0.2) is 53.4 Å². The summed E-state index contributed by atoms with van der Waals surface area (Å²) in [5, 5.41) is 0.312. The van der Waals surface area contributed by atoms with E-state index in [0.29, 0.717) is 10.0 Å². The van der Waals surface area contributed by atoms with Crippen molar-refractivity contribution in [3.8, 4) is 0 Å². The van der Waals surface area contributed by atoms with Crippen molar-refractivity contribution in [1.82, 2.24) is 0 Å². The Kier molecular flexibility index (Phi) is 4.02. The minimum Gasteiger partial charge on any atom is -0.303 e. The van der Waals surface area contributed by atoms with Crippen LogP contribution in [-0.4, -0.2) is 20.0 Å². The van der Waals surface area contributed by atoms with Gasteiger partial charge in [0.25, 0.3) is 0 Å². The number of hydrogen-bond acceptors (Lipinski definition) is 3. The molecule has 22 heavy (non-hydrogen) atoms. The second kappa shape index (κ2) is 5.69. The molecule has 0 aromatic heterocycles. The first kappa shape index (κ1) is 15.5. The molecule has 2 aromatic carbocycles. The molecule has 3 atom stereocenters. The highest BCUT2D eigenvalue weighted by Crippen LogP contribution is 2.52. The Morgan fingerprint density at radius 3 is 1.86 bits per heavy atom. The van der Waals surface area contributed by atoms with Crippen LogP contribution in [0.2, 0.25) is 10.0 Å². The zero-order valence-corrected chi connectivity index (χ0v) is 13.6. The normalized spacial score (nSPS) is 24.0. The van der Waals surface area contributed by atoms with Crippen molar-refractivity contribution in [3.05, 3.63) is 64.1 Å². The van der Waals surface area contributed by atoms with Gasteiger partial charge in [-0.1, -0.05) is 35.3 Å². The van der Waals surface area contributed by atoms with Gasteiger partial charge in [-0.2, -0.15) is 0 Å². The first-order chi connectivity index (χ1) is 10.4. The van der Waals surface area contributed by atoms with Crippen LogP contribution in [0.5, 0.6) is 0 Å².